The average molecular weight is 172 g/mol. The standard InChI is InChI=1S/C8H16N2O2/c1-5(2)7(9)8(11)10-6-3-12-4-6/h5-7H,3-4,9H2,1-2H3,(H,10,11)/t7-/m0/s1. The van der Waals surface area contributed by atoms with Crippen molar-refractivity contribution >= 4 is 5.91 Å². The summed E-state index contributed by atoms with van der Waals surface area (Å²) in [7, 11) is 0. The van der Waals surface area contributed by atoms with E-state index in [9.17, 15) is 4.79 Å². The lowest BCUT2D eigenvalue weighted by Gasteiger charge is -2.28. The molecule has 1 saturated heterocycles. The van der Waals surface area contributed by atoms with Gasteiger partial charge in [0, 0.05) is 0 Å². The number of nitrogens with one attached hydrogen (secondary N) is 1. The molecule has 1 aliphatic heterocycles. The van der Waals surface area contributed by atoms with Crippen LogP contribution >= 0.6 is 0 Å². The molecule has 0 aromatic rings. The van der Waals surface area contributed by atoms with Crippen LogP contribution in [-0.2, 0) is 9.53 Å². The molecule has 0 unspecified atom stereocenters. The van der Waals surface area contributed by atoms with E-state index in [-0.39, 0.29) is 17.9 Å². The van der Waals surface area contributed by atoms with Gasteiger partial charge in [0.2, 0.25) is 5.91 Å². The molecule has 4 nitrogen and oxygen atoms in total. The number of amides is 1. The molecule has 0 aliphatic carbocycles. The molecule has 70 valence electrons. The Hall–Kier alpha value is -0.610. The summed E-state index contributed by atoms with van der Waals surface area (Å²) in [6.45, 7) is 5.11. The van der Waals surface area contributed by atoms with E-state index in [4.69, 9.17) is 10.5 Å². The van der Waals surface area contributed by atoms with Crippen molar-refractivity contribution in [2.24, 2.45) is 11.7 Å². The first-order valence-corrected chi connectivity index (χ1v) is 4.25. The second kappa shape index (κ2) is 3.87. The highest BCUT2D eigenvalue weighted by Crippen LogP contribution is 2.02. The zero-order valence-corrected chi connectivity index (χ0v) is 7.54. The fraction of sp³-hybridized carbons (Fsp3) is 0.875. The Balaban J connectivity index is 2.26. The van der Waals surface area contributed by atoms with Crippen molar-refractivity contribution in [1.29, 1.82) is 0 Å². The van der Waals surface area contributed by atoms with Gasteiger partial charge in [-0.2, -0.15) is 0 Å². The Morgan fingerprint density at radius 1 is 1.58 bits per heavy atom. The van der Waals surface area contributed by atoms with Crippen molar-refractivity contribution in [2.45, 2.75) is 25.9 Å². The summed E-state index contributed by atoms with van der Waals surface area (Å²) in [4.78, 5) is 11.3. The number of hydrogen-bond donors (Lipinski definition) is 2. The maximum Gasteiger partial charge on any atom is 0.237 e. The molecule has 0 radical (unpaired) electrons. The van der Waals surface area contributed by atoms with Crippen LogP contribution in [0.3, 0.4) is 0 Å². The summed E-state index contributed by atoms with van der Waals surface area (Å²) < 4.78 is 4.92. The smallest absolute Gasteiger partial charge is 0.237 e. The maximum absolute atomic E-state index is 11.3. The van der Waals surface area contributed by atoms with Crippen LogP contribution in [0.25, 0.3) is 0 Å². The molecule has 1 fully saturated rings. The van der Waals surface area contributed by atoms with E-state index in [1.165, 1.54) is 0 Å². The molecular formula is C8H16N2O2. The summed E-state index contributed by atoms with van der Waals surface area (Å²) in [6, 6.07) is -0.215. The quantitative estimate of drug-likeness (QED) is 0.602. The van der Waals surface area contributed by atoms with E-state index in [0.29, 0.717) is 13.2 Å². The van der Waals surface area contributed by atoms with Crippen molar-refractivity contribution in [3.8, 4) is 0 Å². The first-order valence-electron chi connectivity index (χ1n) is 4.25. The Morgan fingerprint density at radius 3 is 2.50 bits per heavy atom. The topological polar surface area (TPSA) is 64.4 Å². The number of hydrogen-bond acceptors (Lipinski definition) is 3. The van der Waals surface area contributed by atoms with E-state index in [1.54, 1.807) is 0 Å². The predicted octanol–water partition coefficient (Wildman–Crippen LogP) is -0.515. The minimum atomic E-state index is -0.398. The fourth-order valence-electron chi connectivity index (χ4n) is 0.919. The molecule has 0 aromatic carbocycles. The van der Waals surface area contributed by atoms with Crippen LogP contribution in [-0.4, -0.2) is 31.2 Å². The highest BCUT2D eigenvalue weighted by atomic mass is 16.5. The second-order valence-electron chi connectivity index (χ2n) is 3.51. The monoisotopic (exact) mass is 172 g/mol. The molecule has 1 rings (SSSR count). The van der Waals surface area contributed by atoms with E-state index >= 15 is 0 Å². The Labute approximate surface area is 72.5 Å². The van der Waals surface area contributed by atoms with Crippen LogP contribution in [0.4, 0.5) is 0 Å². The van der Waals surface area contributed by atoms with Gasteiger partial charge in [0.1, 0.15) is 0 Å². The van der Waals surface area contributed by atoms with Crippen LogP contribution in [0.5, 0.6) is 0 Å². The van der Waals surface area contributed by atoms with Gasteiger partial charge in [-0.15, -0.1) is 0 Å². The molecule has 1 heterocycles. The van der Waals surface area contributed by atoms with Gasteiger partial charge in [-0.05, 0) is 5.92 Å². The van der Waals surface area contributed by atoms with Crippen LogP contribution in [0.15, 0.2) is 0 Å². The van der Waals surface area contributed by atoms with E-state index in [0.717, 1.165) is 0 Å². The molecule has 12 heavy (non-hydrogen) atoms. The first kappa shape index (κ1) is 9.48. The Kier molecular flexibility index (Phi) is 3.05. The number of nitrogens with two attached hydrogens (primary N) is 1. The van der Waals surface area contributed by atoms with Gasteiger partial charge in [0.05, 0.1) is 25.3 Å². The van der Waals surface area contributed by atoms with Gasteiger partial charge < -0.3 is 15.8 Å². The summed E-state index contributed by atoms with van der Waals surface area (Å²) in [5.74, 6) is 0.115. The molecule has 0 saturated carbocycles. The van der Waals surface area contributed by atoms with Crippen molar-refractivity contribution in [2.75, 3.05) is 13.2 Å². The van der Waals surface area contributed by atoms with Crippen molar-refractivity contribution in [3.05, 3.63) is 0 Å². The number of rotatable bonds is 3. The van der Waals surface area contributed by atoms with Gasteiger partial charge in [0.25, 0.3) is 0 Å². The summed E-state index contributed by atoms with van der Waals surface area (Å²) >= 11 is 0. The first-order chi connectivity index (χ1) is 5.61. The average Bonchev–Trinajstić information content (AvgIpc) is 1.94. The van der Waals surface area contributed by atoms with Gasteiger partial charge in [-0.3, -0.25) is 4.79 Å². The zero-order chi connectivity index (χ0) is 9.14. The molecule has 0 spiro atoms. The Bertz CT molecular complexity index is 166. The largest absolute Gasteiger partial charge is 0.377 e. The SMILES string of the molecule is CC(C)[C@H](N)C(=O)NC1COC1. The minimum Gasteiger partial charge on any atom is -0.377 e. The molecule has 1 aliphatic rings. The normalized spacial score (nSPS) is 20.3. The number of carbonyl (C=O) groups is 1. The lowest BCUT2D eigenvalue weighted by atomic mass is 10.0. The third kappa shape index (κ3) is 2.19. The highest BCUT2D eigenvalue weighted by molar-refractivity contribution is 5.82. The van der Waals surface area contributed by atoms with Gasteiger partial charge in [0.15, 0.2) is 0 Å². The summed E-state index contributed by atoms with van der Waals surface area (Å²) in [5.41, 5.74) is 5.63. The van der Waals surface area contributed by atoms with E-state index in [1.807, 2.05) is 13.8 Å². The summed E-state index contributed by atoms with van der Waals surface area (Å²) in [5, 5.41) is 2.81. The zero-order valence-electron chi connectivity index (χ0n) is 7.54. The van der Waals surface area contributed by atoms with Crippen molar-refractivity contribution in [1.82, 2.24) is 5.32 Å². The lowest BCUT2D eigenvalue weighted by Crippen LogP contribution is -2.54. The Morgan fingerprint density at radius 2 is 2.17 bits per heavy atom. The molecule has 4 heteroatoms. The molecule has 1 amide bonds. The maximum atomic E-state index is 11.3. The van der Waals surface area contributed by atoms with E-state index < -0.39 is 6.04 Å². The second-order valence-corrected chi connectivity index (χ2v) is 3.51. The molecular weight excluding hydrogens is 156 g/mol. The fourth-order valence-corrected chi connectivity index (χ4v) is 0.919. The molecule has 0 bridgehead atoms. The van der Waals surface area contributed by atoms with Crippen molar-refractivity contribution in [3.63, 3.8) is 0 Å². The van der Waals surface area contributed by atoms with Crippen LogP contribution in [0.1, 0.15) is 13.8 Å². The van der Waals surface area contributed by atoms with Gasteiger partial charge >= 0.3 is 0 Å². The third-order valence-corrected chi connectivity index (χ3v) is 2.01. The minimum absolute atomic E-state index is 0.0710. The third-order valence-electron chi connectivity index (χ3n) is 2.01. The lowest BCUT2D eigenvalue weighted by molar-refractivity contribution is -0.127. The molecule has 3 N–H and O–H groups in total. The number of ether oxygens (including phenoxy) is 1. The van der Waals surface area contributed by atoms with Crippen LogP contribution in [0, 0.1) is 5.92 Å². The highest BCUT2D eigenvalue weighted by Gasteiger charge is 2.24. The van der Waals surface area contributed by atoms with Gasteiger partial charge in [-0.25, -0.2) is 0 Å². The predicted molar refractivity (Wildman–Crippen MR) is 45.6 cm³/mol. The van der Waals surface area contributed by atoms with Crippen LogP contribution in [0.2, 0.25) is 0 Å². The number of carbonyl (C=O) groups excluding carboxylic acids is 1. The molecule has 1 atom stereocenters. The van der Waals surface area contributed by atoms with Crippen LogP contribution < -0.4 is 11.1 Å². The molecule has 0 aromatic heterocycles. The van der Waals surface area contributed by atoms with Gasteiger partial charge in [-0.1, -0.05) is 13.8 Å². The summed E-state index contributed by atoms with van der Waals surface area (Å²) in [6.07, 6.45) is 0. The van der Waals surface area contributed by atoms with E-state index in [2.05, 4.69) is 5.32 Å². The van der Waals surface area contributed by atoms with Crippen molar-refractivity contribution < 1.29 is 9.53 Å².